The van der Waals surface area contributed by atoms with Crippen LogP contribution in [0.25, 0.3) is 0 Å². The van der Waals surface area contributed by atoms with E-state index in [1.165, 1.54) is 0 Å². The van der Waals surface area contributed by atoms with Gasteiger partial charge in [0.05, 0.1) is 4.90 Å². The van der Waals surface area contributed by atoms with Crippen LogP contribution in [0, 0.1) is 5.92 Å². The number of amides is 3. The van der Waals surface area contributed by atoms with Gasteiger partial charge in [-0.15, -0.1) is 0 Å². The third kappa shape index (κ3) is 5.26. The number of hydrogen-bond donors (Lipinski definition) is 1. The summed E-state index contributed by atoms with van der Waals surface area (Å²) in [7, 11) is -3.49. The van der Waals surface area contributed by atoms with E-state index in [1.54, 1.807) is 22.5 Å². The number of hydrogen-bond acceptors (Lipinski definition) is 4. The molecule has 0 aliphatic carbocycles. The molecule has 1 N–H and O–H groups in total. The first-order chi connectivity index (χ1) is 15.4. The van der Waals surface area contributed by atoms with Crippen molar-refractivity contribution in [2.75, 3.05) is 39.3 Å². The van der Waals surface area contributed by atoms with Crippen molar-refractivity contribution in [1.82, 2.24) is 19.4 Å². The fourth-order valence-electron chi connectivity index (χ4n) is 4.85. The Morgan fingerprint density at radius 3 is 2.19 bits per heavy atom. The van der Waals surface area contributed by atoms with Crippen molar-refractivity contribution in [2.45, 2.75) is 56.4 Å². The van der Waals surface area contributed by atoms with Crippen LogP contribution in [0.4, 0.5) is 4.79 Å². The van der Waals surface area contributed by atoms with Gasteiger partial charge in [0, 0.05) is 51.7 Å². The van der Waals surface area contributed by atoms with E-state index >= 15 is 0 Å². The first-order valence-electron chi connectivity index (χ1n) is 11.9. The number of nitrogens with zero attached hydrogens (tertiary/aromatic N) is 3. The smallest absolute Gasteiger partial charge is 0.319 e. The fourth-order valence-corrected chi connectivity index (χ4v) is 6.43. The molecule has 4 rings (SSSR count). The van der Waals surface area contributed by atoms with Gasteiger partial charge in [0.1, 0.15) is 0 Å². The molecule has 176 valence electrons. The average molecular weight is 463 g/mol. The van der Waals surface area contributed by atoms with Crippen molar-refractivity contribution < 1.29 is 18.0 Å². The van der Waals surface area contributed by atoms with E-state index in [0.717, 1.165) is 50.8 Å². The number of nitrogens with one attached hydrogen (secondary N) is 1. The summed E-state index contributed by atoms with van der Waals surface area (Å²) in [5.41, 5.74) is 0.776. The molecule has 0 saturated carbocycles. The quantitative estimate of drug-likeness (QED) is 0.728. The third-order valence-electron chi connectivity index (χ3n) is 6.83. The summed E-state index contributed by atoms with van der Waals surface area (Å²) in [6, 6.07) is 6.98. The van der Waals surface area contributed by atoms with Crippen molar-refractivity contribution >= 4 is 22.0 Å². The van der Waals surface area contributed by atoms with Gasteiger partial charge in [-0.1, -0.05) is 18.6 Å². The summed E-state index contributed by atoms with van der Waals surface area (Å²) < 4.78 is 27.4. The number of urea groups is 1. The van der Waals surface area contributed by atoms with Crippen LogP contribution in [0.3, 0.4) is 0 Å². The zero-order valence-electron chi connectivity index (χ0n) is 18.7. The highest BCUT2D eigenvalue weighted by molar-refractivity contribution is 7.89. The first kappa shape index (κ1) is 23.0. The van der Waals surface area contributed by atoms with Gasteiger partial charge in [-0.2, -0.15) is 4.31 Å². The maximum absolute atomic E-state index is 12.9. The van der Waals surface area contributed by atoms with Crippen LogP contribution in [0.5, 0.6) is 0 Å². The highest BCUT2D eigenvalue weighted by Gasteiger charge is 2.30. The van der Waals surface area contributed by atoms with Crippen molar-refractivity contribution in [3.63, 3.8) is 0 Å². The Hall–Kier alpha value is -2.13. The summed E-state index contributed by atoms with van der Waals surface area (Å²) in [5.74, 6) is -0.138. The van der Waals surface area contributed by atoms with Gasteiger partial charge < -0.3 is 15.1 Å². The number of rotatable bonds is 5. The summed E-state index contributed by atoms with van der Waals surface area (Å²) in [6.45, 7) is 4.34. The molecule has 0 radical (unpaired) electrons. The molecule has 1 aromatic carbocycles. The highest BCUT2D eigenvalue weighted by atomic mass is 32.2. The Morgan fingerprint density at radius 1 is 0.875 bits per heavy atom. The maximum Gasteiger partial charge on any atom is 0.319 e. The summed E-state index contributed by atoms with van der Waals surface area (Å²) in [5, 5.41) is 2.96. The minimum atomic E-state index is -3.49. The number of carbonyl (C=O) groups is 2. The van der Waals surface area contributed by atoms with E-state index in [-0.39, 0.29) is 17.9 Å². The van der Waals surface area contributed by atoms with Crippen molar-refractivity contribution in [1.29, 1.82) is 0 Å². The molecule has 8 nitrogen and oxygen atoms in total. The van der Waals surface area contributed by atoms with Crippen LogP contribution in [0.1, 0.15) is 50.5 Å². The standard InChI is InChI=1S/C23H34N4O4S/c28-22(20-9-15-26(16-10-20)23(29)25-11-4-5-12-25)24-18-19-7-6-8-21(17-19)32(30,31)27-13-2-1-3-14-27/h6-8,17,20H,1-5,9-16,18H2,(H,24,28). The number of carbonyl (C=O) groups excluding carboxylic acids is 2. The van der Waals surface area contributed by atoms with Crippen LogP contribution >= 0.6 is 0 Å². The highest BCUT2D eigenvalue weighted by Crippen LogP contribution is 2.22. The van der Waals surface area contributed by atoms with E-state index in [4.69, 9.17) is 0 Å². The molecular formula is C23H34N4O4S. The lowest BCUT2D eigenvalue weighted by Crippen LogP contribution is -2.47. The predicted molar refractivity (Wildman–Crippen MR) is 121 cm³/mol. The molecule has 0 spiro atoms. The van der Waals surface area contributed by atoms with Crippen LogP contribution in [-0.2, 0) is 21.4 Å². The molecule has 3 aliphatic heterocycles. The normalized spacial score (nSPS) is 21.0. The zero-order chi connectivity index (χ0) is 22.6. The summed E-state index contributed by atoms with van der Waals surface area (Å²) in [6.07, 6.45) is 6.35. The second kappa shape index (κ2) is 10.2. The van der Waals surface area contributed by atoms with Crippen LogP contribution in [0.15, 0.2) is 29.2 Å². The first-order valence-corrected chi connectivity index (χ1v) is 13.3. The number of piperidine rings is 2. The number of sulfonamides is 1. The largest absolute Gasteiger partial charge is 0.352 e. The minimum absolute atomic E-state index is 0.0254. The molecule has 0 aromatic heterocycles. The average Bonchev–Trinajstić information content (AvgIpc) is 3.38. The van der Waals surface area contributed by atoms with Gasteiger partial charge >= 0.3 is 6.03 Å². The Labute approximate surface area is 191 Å². The summed E-state index contributed by atoms with van der Waals surface area (Å²) >= 11 is 0. The van der Waals surface area contributed by atoms with Crippen LogP contribution < -0.4 is 5.32 Å². The Morgan fingerprint density at radius 2 is 1.50 bits per heavy atom. The number of likely N-dealkylation sites (tertiary alicyclic amines) is 2. The topological polar surface area (TPSA) is 90.0 Å². The molecule has 9 heteroatoms. The van der Waals surface area contributed by atoms with Crippen molar-refractivity contribution in [3.8, 4) is 0 Å². The Balaban J connectivity index is 1.28. The van der Waals surface area contributed by atoms with Crippen LogP contribution in [-0.4, -0.2) is 73.7 Å². The van der Waals surface area contributed by atoms with Crippen LogP contribution in [0.2, 0.25) is 0 Å². The fraction of sp³-hybridized carbons (Fsp3) is 0.652. The van der Waals surface area contributed by atoms with Gasteiger partial charge in [-0.3, -0.25) is 4.79 Å². The molecule has 0 atom stereocenters. The van der Waals surface area contributed by atoms with E-state index < -0.39 is 10.0 Å². The summed E-state index contributed by atoms with van der Waals surface area (Å²) in [4.78, 5) is 29.3. The molecule has 3 heterocycles. The predicted octanol–water partition coefficient (Wildman–Crippen LogP) is 2.41. The van der Waals surface area contributed by atoms with E-state index in [1.807, 2.05) is 15.9 Å². The van der Waals surface area contributed by atoms with Crippen molar-refractivity contribution in [2.24, 2.45) is 5.92 Å². The molecule has 32 heavy (non-hydrogen) atoms. The second-order valence-corrected chi connectivity index (χ2v) is 11.0. The lowest BCUT2D eigenvalue weighted by atomic mass is 9.96. The van der Waals surface area contributed by atoms with Gasteiger partial charge in [0.2, 0.25) is 15.9 Å². The Kier molecular flexibility index (Phi) is 7.35. The monoisotopic (exact) mass is 462 g/mol. The molecule has 3 aliphatic rings. The maximum atomic E-state index is 12.9. The molecule has 3 amide bonds. The van der Waals surface area contributed by atoms with Gasteiger partial charge in [0.25, 0.3) is 0 Å². The van der Waals surface area contributed by atoms with Gasteiger partial charge in [0.15, 0.2) is 0 Å². The van der Waals surface area contributed by atoms with E-state index in [0.29, 0.717) is 50.5 Å². The van der Waals surface area contributed by atoms with Crippen molar-refractivity contribution in [3.05, 3.63) is 29.8 Å². The number of benzene rings is 1. The molecule has 1 aromatic rings. The van der Waals surface area contributed by atoms with E-state index in [2.05, 4.69) is 5.32 Å². The Bertz CT molecular complexity index is 916. The third-order valence-corrected chi connectivity index (χ3v) is 8.73. The lowest BCUT2D eigenvalue weighted by Gasteiger charge is -2.34. The molecule has 0 unspecified atom stereocenters. The second-order valence-electron chi connectivity index (χ2n) is 9.07. The molecule has 3 saturated heterocycles. The van der Waals surface area contributed by atoms with E-state index in [9.17, 15) is 18.0 Å². The van der Waals surface area contributed by atoms with Gasteiger partial charge in [-0.05, 0) is 56.2 Å². The SMILES string of the molecule is O=C(NCc1cccc(S(=O)(=O)N2CCCCC2)c1)C1CCN(C(=O)N2CCCC2)CC1. The molecular weight excluding hydrogens is 428 g/mol. The zero-order valence-corrected chi connectivity index (χ0v) is 19.5. The molecule has 0 bridgehead atoms. The minimum Gasteiger partial charge on any atom is -0.352 e. The van der Waals surface area contributed by atoms with Gasteiger partial charge in [-0.25, -0.2) is 13.2 Å². The molecule has 3 fully saturated rings. The lowest BCUT2D eigenvalue weighted by molar-refractivity contribution is -0.126.